The van der Waals surface area contributed by atoms with Gasteiger partial charge in [0.15, 0.2) is 17.6 Å². The summed E-state index contributed by atoms with van der Waals surface area (Å²) in [5, 5.41) is 0. The molecule has 2 amide bonds. The standard InChI is InChI=1S/C22H28N2O5/c1-6-27-19-12-11-17(13-20(19)28-7-2)22(26)24-23-21(25)16(5)29-18-10-8-9-14(3)15(18)4/h8-13,16H,6-7H2,1-5H3,(H,23,25)(H,24,26). The molecule has 7 heteroatoms. The maximum absolute atomic E-state index is 12.4. The van der Waals surface area contributed by atoms with Crippen molar-refractivity contribution in [3.05, 3.63) is 53.1 Å². The third-order valence-corrected chi connectivity index (χ3v) is 4.33. The van der Waals surface area contributed by atoms with E-state index in [0.29, 0.717) is 36.0 Å². The predicted octanol–water partition coefficient (Wildman–Crippen LogP) is 3.33. The Hall–Kier alpha value is -3.22. The highest BCUT2D eigenvalue weighted by molar-refractivity contribution is 5.96. The van der Waals surface area contributed by atoms with Crippen LogP contribution in [0.4, 0.5) is 0 Å². The van der Waals surface area contributed by atoms with E-state index in [9.17, 15) is 9.59 Å². The van der Waals surface area contributed by atoms with Gasteiger partial charge in [-0.05, 0) is 70.0 Å². The molecular weight excluding hydrogens is 372 g/mol. The Morgan fingerprint density at radius 1 is 0.931 bits per heavy atom. The van der Waals surface area contributed by atoms with Crippen LogP contribution in [0.2, 0.25) is 0 Å². The van der Waals surface area contributed by atoms with Crippen molar-refractivity contribution in [3.8, 4) is 17.2 Å². The highest BCUT2D eigenvalue weighted by atomic mass is 16.5. The first-order valence-electron chi connectivity index (χ1n) is 9.60. The molecule has 0 bridgehead atoms. The van der Waals surface area contributed by atoms with Crippen LogP contribution in [0.25, 0.3) is 0 Å². The summed E-state index contributed by atoms with van der Waals surface area (Å²) in [5.41, 5.74) is 7.16. The van der Waals surface area contributed by atoms with E-state index >= 15 is 0 Å². The number of hydrazine groups is 1. The second-order valence-electron chi connectivity index (χ2n) is 6.43. The van der Waals surface area contributed by atoms with Crippen LogP contribution in [0.15, 0.2) is 36.4 Å². The summed E-state index contributed by atoms with van der Waals surface area (Å²) < 4.78 is 16.7. The van der Waals surface area contributed by atoms with Crippen LogP contribution in [0.5, 0.6) is 17.2 Å². The van der Waals surface area contributed by atoms with Crippen molar-refractivity contribution in [2.45, 2.75) is 40.7 Å². The molecule has 0 spiro atoms. The van der Waals surface area contributed by atoms with Gasteiger partial charge in [0.1, 0.15) is 5.75 Å². The molecule has 0 saturated heterocycles. The topological polar surface area (TPSA) is 85.9 Å². The fourth-order valence-corrected chi connectivity index (χ4v) is 2.58. The number of hydrogen-bond acceptors (Lipinski definition) is 5. The van der Waals surface area contributed by atoms with Gasteiger partial charge in [-0.25, -0.2) is 0 Å². The SMILES string of the molecule is CCOc1ccc(C(=O)NNC(=O)C(C)Oc2cccc(C)c2C)cc1OCC. The van der Waals surface area contributed by atoms with Gasteiger partial charge >= 0.3 is 0 Å². The smallest absolute Gasteiger partial charge is 0.279 e. The Kier molecular flexibility index (Phi) is 7.88. The summed E-state index contributed by atoms with van der Waals surface area (Å²) in [6, 6.07) is 10.5. The van der Waals surface area contributed by atoms with Crippen molar-refractivity contribution in [3.63, 3.8) is 0 Å². The van der Waals surface area contributed by atoms with Gasteiger partial charge < -0.3 is 14.2 Å². The Morgan fingerprint density at radius 2 is 1.62 bits per heavy atom. The quantitative estimate of drug-likeness (QED) is 0.664. The first kappa shape index (κ1) is 22.1. The molecular formula is C22H28N2O5. The number of ether oxygens (including phenoxy) is 3. The van der Waals surface area contributed by atoms with Gasteiger partial charge in [-0.2, -0.15) is 0 Å². The summed E-state index contributed by atoms with van der Waals surface area (Å²) in [7, 11) is 0. The fraction of sp³-hybridized carbons (Fsp3) is 0.364. The molecule has 2 aromatic carbocycles. The average Bonchev–Trinajstić information content (AvgIpc) is 2.70. The summed E-state index contributed by atoms with van der Waals surface area (Å²) in [4.78, 5) is 24.7. The Morgan fingerprint density at radius 3 is 2.31 bits per heavy atom. The van der Waals surface area contributed by atoms with Gasteiger partial charge in [0, 0.05) is 5.56 Å². The molecule has 0 aliphatic rings. The minimum Gasteiger partial charge on any atom is -0.490 e. The van der Waals surface area contributed by atoms with Gasteiger partial charge in [0.05, 0.1) is 13.2 Å². The van der Waals surface area contributed by atoms with Gasteiger partial charge in [-0.1, -0.05) is 12.1 Å². The third-order valence-electron chi connectivity index (χ3n) is 4.33. The minimum absolute atomic E-state index is 0.334. The van der Waals surface area contributed by atoms with Crippen LogP contribution in [-0.2, 0) is 4.79 Å². The molecule has 0 aliphatic heterocycles. The van der Waals surface area contributed by atoms with Crippen LogP contribution in [0, 0.1) is 13.8 Å². The number of amides is 2. The molecule has 7 nitrogen and oxygen atoms in total. The van der Waals surface area contributed by atoms with Crippen molar-refractivity contribution in [1.82, 2.24) is 10.9 Å². The van der Waals surface area contributed by atoms with Crippen LogP contribution < -0.4 is 25.1 Å². The molecule has 2 aromatic rings. The molecule has 1 atom stereocenters. The largest absolute Gasteiger partial charge is 0.490 e. The zero-order valence-corrected chi connectivity index (χ0v) is 17.5. The Balaban J connectivity index is 1.98. The second kappa shape index (κ2) is 10.4. The lowest BCUT2D eigenvalue weighted by Crippen LogP contribution is -2.47. The summed E-state index contributed by atoms with van der Waals surface area (Å²) in [6.45, 7) is 10.2. The summed E-state index contributed by atoms with van der Waals surface area (Å²) in [6.07, 6.45) is -0.782. The lowest BCUT2D eigenvalue weighted by molar-refractivity contribution is -0.128. The zero-order valence-electron chi connectivity index (χ0n) is 17.5. The molecule has 156 valence electrons. The maximum atomic E-state index is 12.4. The number of rotatable bonds is 8. The van der Waals surface area contributed by atoms with Gasteiger partial charge in [-0.15, -0.1) is 0 Å². The van der Waals surface area contributed by atoms with E-state index < -0.39 is 17.9 Å². The molecule has 0 radical (unpaired) electrons. The summed E-state index contributed by atoms with van der Waals surface area (Å²) in [5.74, 6) is 0.730. The highest BCUT2D eigenvalue weighted by Gasteiger charge is 2.18. The summed E-state index contributed by atoms with van der Waals surface area (Å²) >= 11 is 0. The Bertz CT molecular complexity index is 866. The second-order valence-corrected chi connectivity index (χ2v) is 6.43. The van der Waals surface area contributed by atoms with E-state index in [1.165, 1.54) is 0 Å². The van der Waals surface area contributed by atoms with E-state index in [-0.39, 0.29) is 0 Å². The van der Waals surface area contributed by atoms with E-state index in [4.69, 9.17) is 14.2 Å². The van der Waals surface area contributed by atoms with E-state index in [1.807, 2.05) is 39.8 Å². The third kappa shape index (κ3) is 5.88. The molecule has 0 aliphatic carbocycles. The van der Waals surface area contributed by atoms with E-state index in [2.05, 4.69) is 10.9 Å². The number of nitrogens with one attached hydrogen (secondary N) is 2. The van der Waals surface area contributed by atoms with Gasteiger partial charge in [0.2, 0.25) is 0 Å². The van der Waals surface area contributed by atoms with Gasteiger partial charge in [0.25, 0.3) is 11.8 Å². The predicted molar refractivity (Wildman–Crippen MR) is 110 cm³/mol. The van der Waals surface area contributed by atoms with Gasteiger partial charge in [-0.3, -0.25) is 20.4 Å². The van der Waals surface area contributed by atoms with Crippen molar-refractivity contribution in [2.75, 3.05) is 13.2 Å². The molecule has 0 aromatic heterocycles. The molecule has 29 heavy (non-hydrogen) atoms. The van der Waals surface area contributed by atoms with Crippen LogP contribution in [0.3, 0.4) is 0 Å². The monoisotopic (exact) mass is 400 g/mol. The highest BCUT2D eigenvalue weighted by Crippen LogP contribution is 2.28. The molecule has 0 saturated carbocycles. The maximum Gasteiger partial charge on any atom is 0.279 e. The molecule has 0 heterocycles. The van der Waals surface area contributed by atoms with Crippen molar-refractivity contribution >= 4 is 11.8 Å². The molecule has 0 fully saturated rings. The van der Waals surface area contributed by atoms with Crippen molar-refractivity contribution in [2.24, 2.45) is 0 Å². The number of hydrogen-bond donors (Lipinski definition) is 2. The number of carbonyl (C=O) groups excluding carboxylic acids is 2. The lowest BCUT2D eigenvalue weighted by Gasteiger charge is -2.17. The van der Waals surface area contributed by atoms with E-state index in [1.54, 1.807) is 31.2 Å². The van der Waals surface area contributed by atoms with Crippen molar-refractivity contribution in [1.29, 1.82) is 0 Å². The molecule has 1 unspecified atom stereocenters. The number of benzene rings is 2. The fourth-order valence-electron chi connectivity index (χ4n) is 2.58. The molecule has 2 N–H and O–H groups in total. The van der Waals surface area contributed by atoms with Crippen LogP contribution in [0.1, 0.15) is 42.3 Å². The lowest BCUT2D eigenvalue weighted by atomic mass is 10.1. The molecule has 2 rings (SSSR count). The van der Waals surface area contributed by atoms with Crippen LogP contribution in [-0.4, -0.2) is 31.1 Å². The number of aryl methyl sites for hydroxylation is 1. The van der Waals surface area contributed by atoms with Crippen molar-refractivity contribution < 1.29 is 23.8 Å². The minimum atomic E-state index is -0.782. The zero-order chi connectivity index (χ0) is 21.4. The van der Waals surface area contributed by atoms with E-state index in [0.717, 1.165) is 11.1 Å². The number of carbonyl (C=O) groups is 2. The first-order chi connectivity index (χ1) is 13.9. The first-order valence-corrected chi connectivity index (χ1v) is 9.60. The Labute approximate surface area is 171 Å². The average molecular weight is 400 g/mol. The van der Waals surface area contributed by atoms with Crippen LogP contribution >= 0.6 is 0 Å². The normalized spacial score (nSPS) is 11.3.